The van der Waals surface area contributed by atoms with E-state index in [2.05, 4.69) is 174 Å². The summed E-state index contributed by atoms with van der Waals surface area (Å²) in [5.74, 6) is 0. The van der Waals surface area contributed by atoms with Gasteiger partial charge in [0.05, 0.1) is 16.7 Å². The zero-order valence-corrected chi connectivity index (χ0v) is 25.6. The van der Waals surface area contributed by atoms with Gasteiger partial charge in [0.2, 0.25) is 6.29 Å². The van der Waals surface area contributed by atoms with Crippen molar-refractivity contribution in [1.82, 2.24) is 4.57 Å². The molecule has 1 N–H and O–H groups in total. The van der Waals surface area contributed by atoms with Crippen molar-refractivity contribution in [1.29, 1.82) is 0 Å². The van der Waals surface area contributed by atoms with Crippen LogP contribution in [-0.2, 0) is 0 Å². The number of aliphatic imine (C=N–C) groups is 1. The number of benzene rings is 8. The first kappa shape index (κ1) is 26.1. The minimum Gasteiger partial charge on any atom is -0.346 e. The SMILES string of the molecule is c1ccc(-c2ccc(C3=NC(n4c5ccc6ccccc6c5c5c6ccccc6ccc54)Nc4ccccc43)c3ccccc23)cc1. The predicted molar refractivity (Wildman–Crippen MR) is 199 cm³/mol. The van der Waals surface area contributed by atoms with Crippen molar-refractivity contribution >= 4 is 65.5 Å². The van der Waals surface area contributed by atoms with E-state index in [1.165, 1.54) is 65.3 Å². The third-order valence-corrected chi connectivity index (χ3v) is 9.81. The van der Waals surface area contributed by atoms with Gasteiger partial charge in [-0.1, -0.05) is 146 Å². The summed E-state index contributed by atoms with van der Waals surface area (Å²) >= 11 is 0. The van der Waals surface area contributed by atoms with Crippen LogP contribution >= 0.6 is 0 Å². The Morgan fingerprint density at radius 1 is 0.426 bits per heavy atom. The number of nitrogens with one attached hydrogen (secondary N) is 1. The second-order valence-electron chi connectivity index (χ2n) is 12.3. The van der Waals surface area contributed by atoms with E-state index in [4.69, 9.17) is 4.99 Å². The molecule has 10 rings (SSSR count). The summed E-state index contributed by atoms with van der Waals surface area (Å²) in [6.45, 7) is 0. The van der Waals surface area contributed by atoms with E-state index < -0.39 is 0 Å². The summed E-state index contributed by atoms with van der Waals surface area (Å²) in [5, 5.41) is 13.8. The van der Waals surface area contributed by atoms with E-state index in [0.717, 1.165) is 22.5 Å². The molecule has 47 heavy (non-hydrogen) atoms. The van der Waals surface area contributed by atoms with Gasteiger partial charge in [-0.05, 0) is 61.6 Å². The summed E-state index contributed by atoms with van der Waals surface area (Å²) in [7, 11) is 0. The standard InChI is InChI=1S/C44H29N3/c1-2-12-28(13-3-1)31-24-25-36(35-19-9-8-18-34(31)35)43-37-20-10-11-21-38(37)45-44(46-43)47-39-26-22-29-14-4-6-16-32(29)41(39)42-33-17-7-5-15-30(33)23-27-40(42)47/h1-27,44-45H. The largest absolute Gasteiger partial charge is 0.346 e. The Morgan fingerprint density at radius 2 is 0.957 bits per heavy atom. The van der Waals surface area contributed by atoms with Crippen LogP contribution in [0.4, 0.5) is 5.69 Å². The molecule has 1 atom stereocenters. The van der Waals surface area contributed by atoms with E-state index >= 15 is 0 Å². The summed E-state index contributed by atoms with van der Waals surface area (Å²) < 4.78 is 2.40. The third kappa shape index (κ3) is 3.90. The maximum absolute atomic E-state index is 5.62. The molecule has 3 heteroatoms. The van der Waals surface area contributed by atoms with Gasteiger partial charge in [-0.25, -0.2) is 4.99 Å². The van der Waals surface area contributed by atoms with Crippen LogP contribution in [0.1, 0.15) is 17.4 Å². The summed E-state index contributed by atoms with van der Waals surface area (Å²) in [5.41, 5.74) is 9.09. The van der Waals surface area contributed by atoms with Crippen LogP contribution in [0.25, 0.3) is 65.3 Å². The predicted octanol–water partition coefficient (Wildman–Crippen LogP) is 11.3. The Kier molecular flexibility index (Phi) is 5.64. The summed E-state index contributed by atoms with van der Waals surface area (Å²) in [6, 6.07) is 58.9. The summed E-state index contributed by atoms with van der Waals surface area (Å²) in [4.78, 5) is 5.62. The van der Waals surface area contributed by atoms with E-state index in [0.29, 0.717) is 0 Å². The number of aromatic nitrogens is 1. The van der Waals surface area contributed by atoms with Crippen LogP contribution in [-0.4, -0.2) is 10.3 Å². The highest BCUT2D eigenvalue weighted by atomic mass is 15.3. The van der Waals surface area contributed by atoms with Crippen molar-refractivity contribution in [3.8, 4) is 11.1 Å². The van der Waals surface area contributed by atoms with Gasteiger partial charge in [0, 0.05) is 27.6 Å². The lowest BCUT2D eigenvalue weighted by Gasteiger charge is -2.28. The van der Waals surface area contributed by atoms with Crippen molar-refractivity contribution in [2.24, 2.45) is 4.99 Å². The first-order valence-electron chi connectivity index (χ1n) is 16.2. The lowest BCUT2D eigenvalue weighted by molar-refractivity contribution is 0.625. The topological polar surface area (TPSA) is 29.3 Å². The van der Waals surface area contributed by atoms with Gasteiger partial charge >= 0.3 is 0 Å². The highest BCUT2D eigenvalue weighted by Crippen LogP contribution is 2.43. The lowest BCUT2D eigenvalue weighted by atomic mass is 9.90. The van der Waals surface area contributed by atoms with Gasteiger partial charge in [-0.15, -0.1) is 0 Å². The Balaban J connectivity index is 1.27. The van der Waals surface area contributed by atoms with E-state index in [1.807, 2.05) is 0 Å². The second kappa shape index (κ2) is 10.2. The Hall–Kier alpha value is -6.19. The molecule has 1 aliphatic rings. The molecule has 1 aliphatic heterocycles. The molecule has 0 radical (unpaired) electrons. The molecule has 220 valence electrons. The zero-order valence-electron chi connectivity index (χ0n) is 25.6. The first-order valence-corrected chi connectivity index (χ1v) is 16.2. The molecule has 8 aromatic carbocycles. The molecule has 1 unspecified atom stereocenters. The minimum absolute atomic E-state index is 0.352. The van der Waals surface area contributed by atoms with E-state index in [9.17, 15) is 0 Å². The van der Waals surface area contributed by atoms with Crippen molar-refractivity contribution in [3.63, 3.8) is 0 Å². The van der Waals surface area contributed by atoms with Gasteiger partial charge in [0.1, 0.15) is 0 Å². The molecule has 0 aliphatic carbocycles. The van der Waals surface area contributed by atoms with Crippen molar-refractivity contribution in [3.05, 3.63) is 175 Å². The average molecular weight is 600 g/mol. The Bertz CT molecular complexity index is 2620. The number of fused-ring (bicyclic) bond motifs is 9. The monoisotopic (exact) mass is 599 g/mol. The molecule has 2 heterocycles. The fourth-order valence-corrected chi connectivity index (χ4v) is 7.73. The molecule has 3 nitrogen and oxygen atoms in total. The molecule has 0 spiro atoms. The molecule has 0 bridgehead atoms. The van der Waals surface area contributed by atoms with Crippen LogP contribution in [0.3, 0.4) is 0 Å². The number of nitrogens with zero attached hydrogens (tertiary/aromatic N) is 2. The number of hydrogen-bond donors (Lipinski definition) is 1. The fraction of sp³-hybridized carbons (Fsp3) is 0.0227. The number of anilines is 1. The van der Waals surface area contributed by atoms with Gasteiger partial charge in [0.15, 0.2) is 0 Å². The molecule has 0 saturated heterocycles. The highest BCUT2D eigenvalue weighted by molar-refractivity contribution is 6.28. The minimum atomic E-state index is -0.352. The van der Waals surface area contributed by atoms with Crippen LogP contribution in [0, 0.1) is 0 Å². The molecular formula is C44H29N3. The second-order valence-corrected chi connectivity index (χ2v) is 12.3. The number of rotatable bonds is 3. The number of para-hydroxylation sites is 1. The zero-order chi connectivity index (χ0) is 30.9. The molecule has 0 saturated carbocycles. The van der Waals surface area contributed by atoms with Gasteiger partial charge < -0.3 is 9.88 Å². The van der Waals surface area contributed by atoms with Crippen molar-refractivity contribution in [2.75, 3.05) is 5.32 Å². The summed E-state index contributed by atoms with van der Waals surface area (Å²) in [6.07, 6.45) is -0.352. The molecule has 0 amide bonds. The van der Waals surface area contributed by atoms with E-state index in [1.54, 1.807) is 0 Å². The number of hydrogen-bond acceptors (Lipinski definition) is 2. The molecule has 9 aromatic rings. The lowest BCUT2D eigenvalue weighted by Crippen LogP contribution is -2.25. The van der Waals surface area contributed by atoms with Gasteiger partial charge in [-0.2, -0.15) is 0 Å². The smallest absolute Gasteiger partial charge is 0.201 e. The third-order valence-electron chi connectivity index (χ3n) is 9.81. The normalized spacial score (nSPS) is 14.5. The quantitative estimate of drug-likeness (QED) is 0.215. The van der Waals surface area contributed by atoms with Crippen LogP contribution < -0.4 is 5.32 Å². The molecule has 0 fully saturated rings. The Morgan fingerprint density at radius 3 is 1.64 bits per heavy atom. The van der Waals surface area contributed by atoms with Crippen LogP contribution in [0.5, 0.6) is 0 Å². The maximum atomic E-state index is 5.62. The van der Waals surface area contributed by atoms with E-state index in [-0.39, 0.29) is 6.29 Å². The van der Waals surface area contributed by atoms with Crippen molar-refractivity contribution < 1.29 is 0 Å². The average Bonchev–Trinajstić information content (AvgIpc) is 3.50. The van der Waals surface area contributed by atoms with Crippen LogP contribution in [0.15, 0.2) is 169 Å². The molecule has 1 aromatic heterocycles. The Labute approximate surface area is 272 Å². The van der Waals surface area contributed by atoms with Crippen LogP contribution in [0.2, 0.25) is 0 Å². The molecular weight excluding hydrogens is 571 g/mol. The maximum Gasteiger partial charge on any atom is 0.201 e. The highest BCUT2D eigenvalue weighted by Gasteiger charge is 2.27. The van der Waals surface area contributed by atoms with Crippen molar-refractivity contribution in [2.45, 2.75) is 6.29 Å². The van der Waals surface area contributed by atoms with Gasteiger partial charge in [-0.3, -0.25) is 0 Å². The fourth-order valence-electron chi connectivity index (χ4n) is 7.73. The van der Waals surface area contributed by atoms with Gasteiger partial charge in [0.25, 0.3) is 0 Å². The first-order chi connectivity index (χ1) is 23.3.